The third-order valence-electron chi connectivity index (χ3n) is 3.39. The van der Waals surface area contributed by atoms with Crippen molar-refractivity contribution in [2.45, 2.75) is 26.2 Å². The Kier molecular flexibility index (Phi) is 6.17. The molecule has 0 radical (unpaired) electrons. The maximum Gasteiger partial charge on any atom is 0.257 e. The van der Waals surface area contributed by atoms with E-state index < -0.39 is 0 Å². The van der Waals surface area contributed by atoms with Crippen LogP contribution in [0.2, 0.25) is 0 Å². The summed E-state index contributed by atoms with van der Waals surface area (Å²) in [5.74, 6) is -0.249. The second-order valence-electron chi connectivity index (χ2n) is 6.33. The lowest BCUT2D eigenvalue weighted by atomic mass is 9.86. The number of para-hydroxylation sites is 1. The molecule has 2 aromatic rings. The van der Waals surface area contributed by atoms with Crippen LogP contribution in [0.1, 0.15) is 36.7 Å². The standard InChI is InChI=1S/C18H18Br2N2OS/c1-18(2,3)12-9-8-11(10-14(12)20)16(23)22-17(24)21-15-7-5-4-6-13(15)19/h4-10H,1-3H3,(H2,21,22,23,24). The molecule has 0 spiro atoms. The maximum absolute atomic E-state index is 12.4. The number of carbonyl (C=O) groups is 1. The summed E-state index contributed by atoms with van der Waals surface area (Å²) in [6.45, 7) is 6.39. The molecule has 6 heteroatoms. The summed E-state index contributed by atoms with van der Waals surface area (Å²) in [5.41, 5.74) is 2.50. The van der Waals surface area contributed by atoms with Crippen molar-refractivity contribution in [2.75, 3.05) is 5.32 Å². The zero-order valence-corrected chi connectivity index (χ0v) is 17.6. The third-order valence-corrected chi connectivity index (χ3v) is 4.94. The molecule has 0 saturated carbocycles. The molecule has 24 heavy (non-hydrogen) atoms. The fourth-order valence-corrected chi connectivity index (χ4v) is 3.72. The summed E-state index contributed by atoms with van der Waals surface area (Å²) < 4.78 is 1.78. The first-order chi connectivity index (χ1) is 11.2. The van der Waals surface area contributed by atoms with Crippen LogP contribution >= 0.6 is 44.1 Å². The first kappa shape index (κ1) is 19.1. The van der Waals surface area contributed by atoms with Crippen molar-refractivity contribution < 1.29 is 4.79 Å². The number of hydrogen-bond donors (Lipinski definition) is 2. The molecule has 0 heterocycles. The van der Waals surface area contributed by atoms with Crippen molar-refractivity contribution in [3.63, 3.8) is 0 Å². The molecule has 0 bridgehead atoms. The number of amides is 1. The second-order valence-corrected chi connectivity index (χ2v) is 8.45. The fourth-order valence-electron chi connectivity index (χ4n) is 2.16. The van der Waals surface area contributed by atoms with Gasteiger partial charge in [0.2, 0.25) is 0 Å². The van der Waals surface area contributed by atoms with Gasteiger partial charge in [-0.1, -0.05) is 54.9 Å². The fraction of sp³-hybridized carbons (Fsp3) is 0.222. The highest BCUT2D eigenvalue weighted by atomic mass is 79.9. The number of halogens is 2. The molecule has 2 rings (SSSR count). The molecular formula is C18H18Br2N2OS. The lowest BCUT2D eigenvalue weighted by molar-refractivity contribution is 0.0977. The molecule has 0 aliphatic heterocycles. The molecular weight excluding hydrogens is 452 g/mol. The molecule has 1 amide bonds. The Morgan fingerprint density at radius 3 is 2.29 bits per heavy atom. The van der Waals surface area contributed by atoms with E-state index in [0.717, 1.165) is 20.2 Å². The van der Waals surface area contributed by atoms with E-state index in [2.05, 4.69) is 63.3 Å². The first-order valence-electron chi connectivity index (χ1n) is 7.35. The largest absolute Gasteiger partial charge is 0.331 e. The number of carbonyl (C=O) groups excluding carboxylic acids is 1. The Bertz CT molecular complexity index is 785. The molecule has 0 saturated heterocycles. The van der Waals surface area contributed by atoms with Crippen molar-refractivity contribution in [1.29, 1.82) is 0 Å². The van der Waals surface area contributed by atoms with E-state index in [1.54, 1.807) is 0 Å². The number of rotatable bonds is 2. The molecule has 0 aliphatic rings. The summed E-state index contributed by atoms with van der Waals surface area (Å²) in [7, 11) is 0. The molecule has 2 aromatic carbocycles. The van der Waals surface area contributed by atoms with Gasteiger partial charge in [-0.05, 0) is 63.4 Å². The lowest BCUT2D eigenvalue weighted by Crippen LogP contribution is -2.34. The highest BCUT2D eigenvalue weighted by Crippen LogP contribution is 2.30. The van der Waals surface area contributed by atoms with Crippen molar-refractivity contribution in [3.05, 3.63) is 62.5 Å². The normalized spacial score (nSPS) is 11.0. The Morgan fingerprint density at radius 1 is 1.04 bits per heavy atom. The summed E-state index contributed by atoms with van der Waals surface area (Å²) >= 11 is 12.2. The minimum absolute atomic E-state index is 0.00425. The summed E-state index contributed by atoms with van der Waals surface area (Å²) in [5, 5.41) is 5.95. The minimum Gasteiger partial charge on any atom is -0.331 e. The van der Waals surface area contributed by atoms with Gasteiger partial charge in [0.15, 0.2) is 5.11 Å². The first-order valence-corrected chi connectivity index (χ1v) is 9.35. The van der Waals surface area contributed by atoms with E-state index in [0.29, 0.717) is 5.56 Å². The second kappa shape index (κ2) is 7.76. The maximum atomic E-state index is 12.4. The van der Waals surface area contributed by atoms with E-state index in [-0.39, 0.29) is 16.4 Å². The molecule has 0 fully saturated rings. The zero-order valence-electron chi connectivity index (χ0n) is 13.6. The quantitative estimate of drug-likeness (QED) is 0.559. The number of hydrogen-bond acceptors (Lipinski definition) is 2. The predicted molar refractivity (Wildman–Crippen MR) is 111 cm³/mol. The molecule has 0 unspecified atom stereocenters. The van der Waals surface area contributed by atoms with Crippen molar-refractivity contribution >= 4 is 60.8 Å². The van der Waals surface area contributed by atoms with Crippen LogP contribution in [0.4, 0.5) is 5.69 Å². The van der Waals surface area contributed by atoms with Crippen molar-refractivity contribution in [2.24, 2.45) is 0 Å². The van der Waals surface area contributed by atoms with Gasteiger partial charge in [0.05, 0.1) is 5.69 Å². The van der Waals surface area contributed by atoms with E-state index in [4.69, 9.17) is 12.2 Å². The van der Waals surface area contributed by atoms with Gasteiger partial charge in [0.1, 0.15) is 0 Å². The van der Waals surface area contributed by atoms with Crippen LogP contribution < -0.4 is 10.6 Å². The molecule has 0 aromatic heterocycles. The van der Waals surface area contributed by atoms with Crippen LogP contribution in [0.25, 0.3) is 0 Å². The average molecular weight is 470 g/mol. The molecule has 0 atom stereocenters. The highest BCUT2D eigenvalue weighted by molar-refractivity contribution is 9.11. The van der Waals surface area contributed by atoms with E-state index in [1.165, 1.54) is 0 Å². The molecule has 2 N–H and O–H groups in total. The van der Waals surface area contributed by atoms with Gasteiger partial charge in [-0.3, -0.25) is 10.1 Å². The van der Waals surface area contributed by atoms with Crippen LogP contribution in [0.5, 0.6) is 0 Å². The third kappa shape index (κ3) is 4.88. The van der Waals surface area contributed by atoms with Crippen LogP contribution in [0, 0.1) is 0 Å². The molecule has 126 valence electrons. The van der Waals surface area contributed by atoms with Crippen LogP contribution in [0.3, 0.4) is 0 Å². The van der Waals surface area contributed by atoms with E-state index in [9.17, 15) is 4.79 Å². The van der Waals surface area contributed by atoms with Crippen LogP contribution in [0.15, 0.2) is 51.4 Å². The predicted octanol–water partition coefficient (Wildman–Crippen LogP) is 5.64. The Balaban J connectivity index is 2.08. The topological polar surface area (TPSA) is 41.1 Å². The highest BCUT2D eigenvalue weighted by Gasteiger charge is 2.18. The monoisotopic (exact) mass is 468 g/mol. The van der Waals surface area contributed by atoms with E-state index >= 15 is 0 Å². The van der Waals surface area contributed by atoms with Gasteiger partial charge in [0, 0.05) is 14.5 Å². The Hall–Kier alpha value is -1.24. The number of benzene rings is 2. The van der Waals surface area contributed by atoms with Crippen LogP contribution in [-0.4, -0.2) is 11.0 Å². The van der Waals surface area contributed by atoms with Crippen molar-refractivity contribution in [3.8, 4) is 0 Å². The van der Waals surface area contributed by atoms with Gasteiger partial charge in [0.25, 0.3) is 5.91 Å². The van der Waals surface area contributed by atoms with Gasteiger partial charge in [-0.15, -0.1) is 0 Å². The number of anilines is 1. The minimum atomic E-state index is -0.249. The SMILES string of the molecule is CC(C)(C)c1ccc(C(=O)NC(=S)Nc2ccccc2Br)cc1Br. The average Bonchev–Trinajstić information content (AvgIpc) is 2.48. The van der Waals surface area contributed by atoms with Gasteiger partial charge in [-0.25, -0.2) is 0 Å². The van der Waals surface area contributed by atoms with Gasteiger partial charge < -0.3 is 5.32 Å². The van der Waals surface area contributed by atoms with E-state index in [1.807, 2.05) is 42.5 Å². The molecule has 3 nitrogen and oxygen atoms in total. The number of nitrogens with one attached hydrogen (secondary N) is 2. The molecule has 0 aliphatic carbocycles. The number of thiocarbonyl (C=S) groups is 1. The Morgan fingerprint density at radius 2 is 1.71 bits per heavy atom. The van der Waals surface area contributed by atoms with Gasteiger partial charge in [-0.2, -0.15) is 0 Å². The lowest BCUT2D eigenvalue weighted by Gasteiger charge is -2.21. The summed E-state index contributed by atoms with van der Waals surface area (Å²) in [6.07, 6.45) is 0. The summed E-state index contributed by atoms with van der Waals surface area (Å²) in [4.78, 5) is 12.4. The van der Waals surface area contributed by atoms with Crippen LogP contribution in [-0.2, 0) is 5.41 Å². The van der Waals surface area contributed by atoms with Gasteiger partial charge >= 0.3 is 0 Å². The van der Waals surface area contributed by atoms with Crippen molar-refractivity contribution in [1.82, 2.24) is 5.32 Å². The smallest absolute Gasteiger partial charge is 0.257 e. The summed E-state index contributed by atoms with van der Waals surface area (Å²) in [6, 6.07) is 13.2. The zero-order chi connectivity index (χ0) is 17.9. The Labute approximate surface area is 164 Å².